The van der Waals surface area contributed by atoms with E-state index in [0.717, 1.165) is 37.3 Å². The summed E-state index contributed by atoms with van der Waals surface area (Å²) >= 11 is 0. The van der Waals surface area contributed by atoms with E-state index in [4.69, 9.17) is 11.0 Å². The molecular weight excluding hydrogens is 364 g/mol. The van der Waals surface area contributed by atoms with Crippen molar-refractivity contribution in [1.82, 2.24) is 14.9 Å². The molecule has 0 spiro atoms. The number of fused-ring (bicyclic) bond motifs is 1. The summed E-state index contributed by atoms with van der Waals surface area (Å²) in [6.45, 7) is 5.04. The van der Waals surface area contributed by atoms with Gasteiger partial charge in [-0.1, -0.05) is 19.1 Å². The molecule has 2 aromatic rings. The largest absolute Gasteiger partial charge is 0.353 e. The Hall–Kier alpha value is -2.98. The molecule has 0 saturated carbocycles. The highest BCUT2D eigenvalue weighted by atomic mass is 16.2. The van der Waals surface area contributed by atoms with Crippen molar-refractivity contribution in [2.45, 2.75) is 38.1 Å². The zero-order valence-electron chi connectivity index (χ0n) is 16.7. The average Bonchev–Trinajstić information content (AvgIpc) is 3.15. The summed E-state index contributed by atoms with van der Waals surface area (Å²) in [5.74, 6) is 1.51. The number of anilines is 1. The third-order valence-corrected chi connectivity index (χ3v) is 6.00. The van der Waals surface area contributed by atoms with Crippen LogP contribution in [0.25, 0.3) is 0 Å². The van der Waals surface area contributed by atoms with E-state index in [2.05, 4.69) is 27.9 Å². The van der Waals surface area contributed by atoms with Crippen molar-refractivity contribution in [3.8, 4) is 6.07 Å². The first kappa shape index (κ1) is 19.3. The molecule has 1 aliphatic carbocycles. The van der Waals surface area contributed by atoms with Crippen LogP contribution in [0.3, 0.4) is 0 Å². The van der Waals surface area contributed by atoms with Crippen molar-refractivity contribution in [1.29, 1.82) is 5.26 Å². The first-order valence-electron chi connectivity index (χ1n) is 10.2. The Balaban J connectivity index is 1.36. The fourth-order valence-electron chi connectivity index (χ4n) is 4.30. The first-order valence-corrected chi connectivity index (χ1v) is 10.2. The van der Waals surface area contributed by atoms with Gasteiger partial charge in [0.15, 0.2) is 0 Å². The summed E-state index contributed by atoms with van der Waals surface area (Å²) in [6.07, 6.45) is 4.29. The lowest BCUT2D eigenvalue weighted by Gasteiger charge is -2.37. The molecule has 29 heavy (non-hydrogen) atoms. The molecule has 7 nitrogen and oxygen atoms in total. The molecule has 7 heteroatoms. The number of carbonyl (C=O) groups is 1. The van der Waals surface area contributed by atoms with Gasteiger partial charge in [-0.05, 0) is 42.9 Å². The molecule has 1 unspecified atom stereocenters. The Bertz CT molecular complexity index is 927. The van der Waals surface area contributed by atoms with Crippen molar-refractivity contribution in [3.63, 3.8) is 0 Å². The molecule has 1 amide bonds. The van der Waals surface area contributed by atoms with Gasteiger partial charge < -0.3 is 15.5 Å². The summed E-state index contributed by atoms with van der Waals surface area (Å²) < 4.78 is 0. The van der Waals surface area contributed by atoms with Gasteiger partial charge >= 0.3 is 0 Å². The maximum atomic E-state index is 12.8. The van der Waals surface area contributed by atoms with Crippen LogP contribution in [0.2, 0.25) is 0 Å². The lowest BCUT2D eigenvalue weighted by Crippen LogP contribution is -2.54. The van der Waals surface area contributed by atoms with Gasteiger partial charge in [0, 0.05) is 37.4 Å². The van der Waals surface area contributed by atoms with Gasteiger partial charge in [0.25, 0.3) is 0 Å². The molecule has 150 valence electrons. The summed E-state index contributed by atoms with van der Waals surface area (Å²) in [5, 5.41) is 8.89. The Morgan fingerprint density at radius 2 is 1.97 bits per heavy atom. The second-order valence-electron chi connectivity index (χ2n) is 7.93. The summed E-state index contributed by atoms with van der Waals surface area (Å²) in [7, 11) is 0. The number of aromatic nitrogens is 2. The Morgan fingerprint density at radius 3 is 2.66 bits per heavy atom. The number of nitrogens with two attached hydrogens (primary N) is 1. The van der Waals surface area contributed by atoms with Crippen LogP contribution in [0.5, 0.6) is 0 Å². The number of nitrogens with zero attached hydrogens (tertiary/aromatic N) is 5. The van der Waals surface area contributed by atoms with E-state index in [9.17, 15) is 4.79 Å². The lowest BCUT2D eigenvalue weighted by atomic mass is 10.0. The average molecular weight is 390 g/mol. The van der Waals surface area contributed by atoms with Crippen molar-refractivity contribution < 1.29 is 4.79 Å². The molecule has 1 fully saturated rings. The van der Waals surface area contributed by atoms with Gasteiger partial charge in [-0.2, -0.15) is 5.26 Å². The smallest absolute Gasteiger partial charge is 0.239 e. The van der Waals surface area contributed by atoms with Gasteiger partial charge in [0.2, 0.25) is 5.91 Å². The van der Waals surface area contributed by atoms with Crippen LogP contribution < -0.4 is 10.6 Å². The van der Waals surface area contributed by atoms with Crippen molar-refractivity contribution >= 4 is 11.7 Å². The van der Waals surface area contributed by atoms with Gasteiger partial charge in [0.05, 0.1) is 17.7 Å². The van der Waals surface area contributed by atoms with E-state index in [1.54, 1.807) is 18.5 Å². The summed E-state index contributed by atoms with van der Waals surface area (Å²) in [5.41, 5.74) is 10.2. The van der Waals surface area contributed by atoms with Crippen LogP contribution >= 0.6 is 0 Å². The predicted molar refractivity (Wildman–Crippen MR) is 110 cm³/mol. The minimum absolute atomic E-state index is 0.0182. The third-order valence-electron chi connectivity index (χ3n) is 6.00. The molecule has 0 bridgehead atoms. The van der Waals surface area contributed by atoms with Crippen LogP contribution in [-0.4, -0.2) is 53.0 Å². The molecular formula is C22H26N6O. The fourth-order valence-corrected chi connectivity index (χ4v) is 4.30. The van der Waals surface area contributed by atoms with E-state index >= 15 is 0 Å². The molecule has 2 atom stereocenters. The van der Waals surface area contributed by atoms with E-state index in [1.807, 2.05) is 17.0 Å². The minimum atomic E-state index is -0.571. The Labute approximate surface area is 171 Å². The Morgan fingerprint density at radius 1 is 1.24 bits per heavy atom. The van der Waals surface area contributed by atoms with Gasteiger partial charge in [-0.3, -0.25) is 4.79 Å². The van der Waals surface area contributed by atoms with Crippen LogP contribution in [-0.2, 0) is 17.6 Å². The summed E-state index contributed by atoms with van der Waals surface area (Å²) in [6, 6.07) is 8.76. The van der Waals surface area contributed by atoms with E-state index in [-0.39, 0.29) is 5.91 Å². The molecule has 1 saturated heterocycles. The van der Waals surface area contributed by atoms with Crippen LogP contribution in [0, 0.1) is 11.3 Å². The highest BCUT2D eigenvalue weighted by molar-refractivity contribution is 5.82. The number of hydrogen-bond donors (Lipinski definition) is 1. The zero-order chi connectivity index (χ0) is 20.4. The maximum absolute atomic E-state index is 12.8. The van der Waals surface area contributed by atoms with E-state index in [0.29, 0.717) is 31.0 Å². The fraction of sp³-hybridized carbons (Fsp3) is 0.455. The second-order valence-corrected chi connectivity index (χ2v) is 7.93. The van der Waals surface area contributed by atoms with Gasteiger partial charge in [0.1, 0.15) is 12.1 Å². The van der Waals surface area contributed by atoms with Crippen LogP contribution in [0.15, 0.2) is 30.6 Å². The maximum Gasteiger partial charge on any atom is 0.239 e. The van der Waals surface area contributed by atoms with Crippen molar-refractivity contribution in [2.24, 2.45) is 5.73 Å². The standard InChI is InChI=1S/C22H26N6O/c1-15-2-7-19-20(15)21(26-14-25-19)27-8-10-28(11-9-27)22(29)18(24)12-16-3-5-17(13-23)6-4-16/h3-6,14-15,18H,2,7-12,24H2,1H3/t15-,18?/m1/s1. The van der Waals surface area contributed by atoms with Crippen LogP contribution in [0.1, 0.15) is 41.6 Å². The van der Waals surface area contributed by atoms with E-state index < -0.39 is 6.04 Å². The molecule has 2 heterocycles. The first-order chi connectivity index (χ1) is 14.1. The van der Waals surface area contributed by atoms with Gasteiger partial charge in [-0.15, -0.1) is 0 Å². The number of nitriles is 1. The molecule has 1 aromatic heterocycles. The number of rotatable bonds is 4. The van der Waals surface area contributed by atoms with Gasteiger partial charge in [-0.25, -0.2) is 9.97 Å². The molecule has 0 radical (unpaired) electrons. The second kappa shape index (κ2) is 8.18. The number of piperazine rings is 1. The Kier molecular flexibility index (Phi) is 5.45. The highest BCUT2D eigenvalue weighted by Gasteiger charge is 2.30. The number of aryl methyl sites for hydroxylation is 1. The number of benzene rings is 1. The number of carbonyl (C=O) groups excluding carboxylic acids is 1. The molecule has 2 N–H and O–H groups in total. The van der Waals surface area contributed by atoms with Crippen LogP contribution in [0.4, 0.5) is 5.82 Å². The SMILES string of the molecule is C[C@@H]1CCc2ncnc(N3CCN(C(=O)C(N)Cc4ccc(C#N)cc4)CC3)c21. The molecule has 1 aromatic carbocycles. The van der Waals surface area contributed by atoms with E-state index in [1.165, 1.54) is 11.3 Å². The normalized spacial score (nSPS) is 19.6. The van der Waals surface area contributed by atoms with Crippen molar-refractivity contribution in [3.05, 3.63) is 53.0 Å². The quantitative estimate of drug-likeness (QED) is 0.852. The number of hydrogen-bond acceptors (Lipinski definition) is 6. The molecule has 2 aliphatic rings. The monoisotopic (exact) mass is 390 g/mol. The van der Waals surface area contributed by atoms with Crippen molar-refractivity contribution in [2.75, 3.05) is 31.1 Å². The number of amides is 1. The highest BCUT2D eigenvalue weighted by Crippen LogP contribution is 2.37. The minimum Gasteiger partial charge on any atom is -0.353 e. The third kappa shape index (κ3) is 3.94. The topological polar surface area (TPSA) is 99.1 Å². The predicted octanol–water partition coefficient (Wildman–Crippen LogP) is 1.62. The lowest BCUT2D eigenvalue weighted by molar-refractivity contribution is -0.132. The molecule has 1 aliphatic heterocycles. The summed E-state index contributed by atoms with van der Waals surface area (Å²) in [4.78, 5) is 26.0. The zero-order valence-corrected chi connectivity index (χ0v) is 16.7. The molecule has 4 rings (SSSR count).